The highest BCUT2D eigenvalue weighted by Gasteiger charge is 2.17. The molecule has 1 aliphatic carbocycles. The molecule has 0 aromatic heterocycles. The predicted octanol–water partition coefficient (Wildman–Crippen LogP) is 4.69. The summed E-state index contributed by atoms with van der Waals surface area (Å²) in [6, 6.07) is 8.56. The molecular formula is C19H26N2. The Morgan fingerprint density at radius 2 is 1.90 bits per heavy atom. The van der Waals surface area contributed by atoms with Crippen molar-refractivity contribution in [1.29, 1.82) is 0 Å². The highest BCUT2D eigenvalue weighted by atomic mass is 15.1. The maximum absolute atomic E-state index is 3.64. The van der Waals surface area contributed by atoms with Crippen molar-refractivity contribution in [3.63, 3.8) is 0 Å². The maximum atomic E-state index is 3.64. The molecule has 0 aliphatic heterocycles. The largest absolute Gasteiger partial charge is 0.378 e. The topological polar surface area (TPSA) is 15.3 Å². The van der Waals surface area contributed by atoms with Crippen molar-refractivity contribution in [1.82, 2.24) is 4.90 Å². The van der Waals surface area contributed by atoms with Crippen LogP contribution in [-0.4, -0.2) is 24.5 Å². The van der Waals surface area contributed by atoms with E-state index in [0.29, 0.717) is 0 Å². The van der Waals surface area contributed by atoms with Gasteiger partial charge < -0.3 is 10.2 Å². The van der Waals surface area contributed by atoms with Crippen LogP contribution in [0.3, 0.4) is 0 Å². The number of hydrogen-bond donors (Lipinski definition) is 1. The van der Waals surface area contributed by atoms with Crippen molar-refractivity contribution in [2.24, 2.45) is 0 Å². The van der Waals surface area contributed by atoms with E-state index in [1.165, 1.54) is 22.5 Å². The second-order valence-electron chi connectivity index (χ2n) is 6.29. The summed E-state index contributed by atoms with van der Waals surface area (Å²) in [6.07, 6.45) is 9.84. The van der Waals surface area contributed by atoms with Crippen molar-refractivity contribution in [2.75, 3.05) is 19.4 Å². The number of nitrogens with one attached hydrogen (secondary N) is 1. The van der Waals surface area contributed by atoms with Crippen LogP contribution < -0.4 is 5.32 Å². The molecule has 0 heterocycles. The van der Waals surface area contributed by atoms with Crippen LogP contribution >= 0.6 is 0 Å². The fourth-order valence-electron chi connectivity index (χ4n) is 2.69. The molecule has 21 heavy (non-hydrogen) atoms. The van der Waals surface area contributed by atoms with Crippen molar-refractivity contribution in [3.8, 4) is 0 Å². The summed E-state index contributed by atoms with van der Waals surface area (Å²) in [5, 5.41) is 3.64. The quantitative estimate of drug-likeness (QED) is 0.788. The standard InChI is InChI=1S/C19H26N2/c1-6-13-19(2,3)20-18-10-8-7-9-17(18)15-11-12-16(14-15)21(4)5/h6-10,12-14,20H,11H2,1-5H3. The predicted molar refractivity (Wildman–Crippen MR) is 93.3 cm³/mol. The third kappa shape index (κ3) is 3.78. The average Bonchev–Trinajstić information content (AvgIpc) is 2.88. The average molecular weight is 282 g/mol. The Kier molecular flexibility index (Phi) is 4.56. The third-order valence-corrected chi connectivity index (χ3v) is 3.68. The zero-order chi connectivity index (χ0) is 15.5. The minimum absolute atomic E-state index is 0.0537. The molecule has 0 radical (unpaired) electrons. The first-order valence-electron chi connectivity index (χ1n) is 7.52. The molecule has 1 N–H and O–H groups in total. The first-order chi connectivity index (χ1) is 9.93. The number of anilines is 1. The van der Waals surface area contributed by atoms with Crippen LogP contribution in [0.25, 0.3) is 5.57 Å². The highest BCUT2D eigenvalue weighted by Crippen LogP contribution is 2.33. The zero-order valence-corrected chi connectivity index (χ0v) is 13.8. The van der Waals surface area contributed by atoms with E-state index < -0.39 is 0 Å². The molecule has 0 amide bonds. The van der Waals surface area contributed by atoms with E-state index in [0.717, 1.165) is 6.42 Å². The van der Waals surface area contributed by atoms with Crippen LogP contribution in [0, 0.1) is 0 Å². The number of hydrogen-bond acceptors (Lipinski definition) is 2. The number of allylic oxidation sites excluding steroid dienone is 4. The van der Waals surface area contributed by atoms with Gasteiger partial charge in [0.1, 0.15) is 0 Å². The van der Waals surface area contributed by atoms with Crippen LogP contribution in [-0.2, 0) is 0 Å². The van der Waals surface area contributed by atoms with E-state index in [1.54, 1.807) is 0 Å². The van der Waals surface area contributed by atoms with Crippen LogP contribution in [0.2, 0.25) is 0 Å². The van der Waals surface area contributed by atoms with Gasteiger partial charge in [-0.05, 0) is 44.9 Å². The summed E-state index contributed by atoms with van der Waals surface area (Å²) in [6.45, 7) is 6.44. The Bertz CT molecular complexity index is 589. The molecule has 0 spiro atoms. The molecule has 0 fully saturated rings. The van der Waals surface area contributed by atoms with Crippen LogP contribution in [0.15, 0.2) is 54.3 Å². The van der Waals surface area contributed by atoms with Crippen molar-refractivity contribution < 1.29 is 0 Å². The van der Waals surface area contributed by atoms with Crippen molar-refractivity contribution in [2.45, 2.75) is 32.7 Å². The Morgan fingerprint density at radius 3 is 2.52 bits per heavy atom. The molecule has 112 valence electrons. The lowest BCUT2D eigenvalue weighted by molar-refractivity contribution is 0.531. The zero-order valence-electron chi connectivity index (χ0n) is 13.8. The highest BCUT2D eigenvalue weighted by molar-refractivity contribution is 5.80. The van der Waals surface area contributed by atoms with E-state index in [4.69, 9.17) is 0 Å². The second-order valence-corrected chi connectivity index (χ2v) is 6.29. The molecule has 2 rings (SSSR count). The second kappa shape index (κ2) is 6.21. The number of benzene rings is 1. The number of likely N-dealkylation sites (N-methyl/N-ethyl adjacent to an activating group) is 1. The van der Waals surface area contributed by atoms with E-state index in [2.05, 4.69) is 93.7 Å². The van der Waals surface area contributed by atoms with Gasteiger partial charge in [0.25, 0.3) is 0 Å². The van der Waals surface area contributed by atoms with E-state index in [9.17, 15) is 0 Å². The number of rotatable bonds is 5. The fourth-order valence-corrected chi connectivity index (χ4v) is 2.69. The molecule has 0 unspecified atom stereocenters. The van der Waals surface area contributed by atoms with Gasteiger partial charge in [0, 0.05) is 36.6 Å². The smallest absolute Gasteiger partial charge is 0.0500 e. The first-order valence-corrected chi connectivity index (χ1v) is 7.52. The van der Waals surface area contributed by atoms with Crippen molar-refractivity contribution >= 4 is 11.3 Å². The van der Waals surface area contributed by atoms with Gasteiger partial charge in [0.15, 0.2) is 0 Å². The molecule has 2 heteroatoms. The van der Waals surface area contributed by atoms with E-state index in [1.807, 2.05) is 0 Å². The Labute approximate surface area is 128 Å². The van der Waals surface area contributed by atoms with Gasteiger partial charge in [0.2, 0.25) is 0 Å². The summed E-state index contributed by atoms with van der Waals surface area (Å²) >= 11 is 0. The van der Waals surface area contributed by atoms with Gasteiger partial charge in [-0.25, -0.2) is 0 Å². The van der Waals surface area contributed by atoms with Gasteiger partial charge >= 0.3 is 0 Å². The molecule has 0 saturated carbocycles. The lowest BCUT2D eigenvalue weighted by Gasteiger charge is -2.26. The summed E-state index contributed by atoms with van der Waals surface area (Å²) in [5.74, 6) is 0. The van der Waals surface area contributed by atoms with Crippen LogP contribution in [0.5, 0.6) is 0 Å². The minimum atomic E-state index is -0.0537. The van der Waals surface area contributed by atoms with Gasteiger partial charge in [-0.15, -0.1) is 0 Å². The SMILES string of the molecule is CC=CC(C)(C)Nc1ccccc1C1=CC(N(C)C)=CC1. The molecule has 2 nitrogen and oxygen atoms in total. The molecule has 0 atom stereocenters. The van der Waals surface area contributed by atoms with E-state index >= 15 is 0 Å². The Morgan fingerprint density at radius 1 is 1.19 bits per heavy atom. The Hall–Kier alpha value is -1.96. The molecule has 1 aromatic rings. The maximum Gasteiger partial charge on any atom is 0.0500 e. The normalized spacial score (nSPS) is 15.1. The minimum Gasteiger partial charge on any atom is -0.378 e. The van der Waals surface area contributed by atoms with Gasteiger partial charge in [-0.3, -0.25) is 0 Å². The summed E-state index contributed by atoms with van der Waals surface area (Å²) in [7, 11) is 4.18. The molecule has 0 bridgehead atoms. The molecule has 0 saturated heterocycles. The lowest BCUT2D eigenvalue weighted by Crippen LogP contribution is -2.28. The number of para-hydroxylation sites is 1. The summed E-state index contributed by atoms with van der Waals surface area (Å²) < 4.78 is 0. The number of nitrogens with zero attached hydrogens (tertiary/aromatic N) is 1. The molecule has 1 aliphatic rings. The third-order valence-electron chi connectivity index (χ3n) is 3.68. The van der Waals surface area contributed by atoms with Gasteiger partial charge in [0.05, 0.1) is 0 Å². The van der Waals surface area contributed by atoms with Crippen LogP contribution in [0.4, 0.5) is 5.69 Å². The summed E-state index contributed by atoms with van der Waals surface area (Å²) in [5.41, 5.74) is 5.09. The molecule has 1 aromatic carbocycles. The lowest BCUT2D eigenvalue weighted by atomic mass is 9.99. The molecular weight excluding hydrogens is 256 g/mol. The fraction of sp³-hybridized carbons (Fsp3) is 0.368. The summed E-state index contributed by atoms with van der Waals surface area (Å²) in [4.78, 5) is 2.16. The van der Waals surface area contributed by atoms with Gasteiger partial charge in [-0.2, -0.15) is 0 Å². The van der Waals surface area contributed by atoms with E-state index in [-0.39, 0.29) is 5.54 Å². The Balaban J connectivity index is 2.29. The van der Waals surface area contributed by atoms with Crippen LogP contribution in [0.1, 0.15) is 32.8 Å². The monoisotopic (exact) mass is 282 g/mol. The first kappa shape index (κ1) is 15.4. The van der Waals surface area contributed by atoms with Crippen molar-refractivity contribution in [3.05, 3.63) is 59.8 Å². The van der Waals surface area contributed by atoms with Gasteiger partial charge in [-0.1, -0.05) is 36.4 Å².